The number of nitrogens with zero attached hydrogens (tertiary/aromatic N) is 4. The maximum absolute atomic E-state index is 6.13. The van der Waals surface area contributed by atoms with Crippen LogP contribution in [0.5, 0.6) is 0 Å². The molecule has 0 saturated carbocycles. The van der Waals surface area contributed by atoms with E-state index in [-0.39, 0.29) is 6.04 Å². The summed E-state index contributed by atoms with van der Waals surface area (Å²) >= 11 is 19.8. The third-order valence-corrected chi connectivity index (χ3v) is 5.04. The Balaban J connectivity index is 1.90. The lowest BCUT2D eigenvalue weighted by Crippen LogP contribution is -2.03. The summed E-state index contributed by atoms with van der Waals surface area (Å²) in [7, 11) is 0. The SMILES string of the molecule is Clc1ccc(C(Cn2ccnc2)N=Nc2c(Cl)cccc2Cl)s1. The topological polar surface area (TPSA) is 42.5 Å². The van der Waals surface area contributed by atoms with Crippen molar-refractivity contribution in [3.63, 3.8) is 0 Å². The Morgan fingerprint density at radius 2 is 1.91 bits per heavy atom. The highest BCUT2D eigenvalue weighted by atomic mass is 35.5. The van der Waals surface area contributed by atoms with Crippen molar-refractivity contribution in [3.8, 4) is 0 Å². The third-order valence-electron chi connectivity index (χ3n) is 3.10. The summed E-state index contributed by atoms with van der Waals surface area (Å²) in [6, 6.07) is 8.83. The van der Waals surface area contributed by atoms with Gasteiger partial charge in [-0.2, -0.15) is 10.2 Å². The molecule has 8 heteroatoms. The van der Waals surface area contributed by atoms with Crippen molar-refractivity contribution < 1.29 is 0 Å². The van der Waals surface area contributed by atoms with Crippen LogP contribution >= 0.6 is 46.1 Å². The second kappa shape index (κ2) is 7.45. The van der Waals surface area contributed by atoms with Crippen molar-refractivity contribution in [3.05, 3.63) is 68.3 Å². The lowest BCUT2D eigenvalue weighted by atomic mass is 10.2. The van der Waals surface area contributed by atoms with E-state index in [2.05, 4.69) is 15.2 Å². The standard InChI is InChI=1S/C15H11Cl3N4S/c16-10-2-1-3-11(17)15(10)21-20-12(8-22-7-6-19-9-22)13-4-5-14(18)23-13/h1-7,9,12H,8H2. The van der Waals surface area contributed by atoms with Crippen molar-refractivity contribution in [2.24, 2.45) is 10.2 Å². The second-order valence-corrected chi connectivity index (χ2v) is 7.26. The zero-order chi connectivity index (χ0) is 16.2. The van der Waals surface area contributed by atoms with Gasteiger partial charge in [-0.25, -0.2) is 4.98 Å². The van der Waals surface area contributed by atoms with Crippen LogP contribution in [0.25, 0.3) is 0 Å². The number of benzene rings is 1. The van der Waals surface area contributed by atoms with Crippen molar-refractivity contribution in [1.82, 2.24) is 9.55 Å². The molecule has 4 nitrogen and oxygen atoms in total. The first-order valence-corrected chi connectivity index (χ1v) is 8.64. The van der Waals surface area contributed by atoms with E-state index >= 15 is 0 Å². The van der Waals surface area contributed by atoms with Crippen LogP contribution in [0, 0.1) is 0 Å². The molecule has 3 aromatic rings. The van der Waals surface area contributed by atoms with Gasteiger partial charge in [0.05, 0.1) is 27.3 Å². The molecule has 1 aromatic carbocycles. The van der Waals surface area contributed by atoms with Crippen LogP contribution in [0.3, 0.4) is 0 Å². The van der Waals surface area contributed by atoms with Gasteiger partial charge in [-0.3, -0.25) is 0 Å². The number of imidazole rings is 1. The molecule has 1 unspecified atom stereocenters. The largest absolute Gasteiger partial charge is 0.335 e. The summed E-state index contributed by atoms with van der Waals surface area (Å²) in [6.45, 7) is 0.600. The Morgan fingerprint density at radius 1 is 1.13 bits per heavy atom. The number of hydrogen-bond acceptors (Lipinski definition) is 4. The van der Waals surface area contributed by atoms with Gasteiger partial charge in [0.1, 0.15) is 11.7 Å². The summed E-state index contributed by atoms with van der Waals surface area (Å²) in [6.07, 6.45) is 5.33. The fourth-order valence-electron chi connectivity index (χ4n) is 2.00. The van der Waals surface area contributed by atoms with Crippen molar-refractivity contribution in [2.75, 3.05) is 0 Å². The normalized spacial score (nSPS) is 12.8. The van der Waals surface area contributed by atoms with E-state index < -0.39 is 0 Å². The number of aromatic nitrogens is 2. The first-order valence-electron chi connectivity index (χ1n) is 6.69. The average Bonchev–Trinajstić information content (AvgIpc) is 3.17. The first-order chi connectivity index (χ1) is 11.1. The van der Waals surface area contributed by atoms with Gasteiger partial charge in [0.15, 0.2) is 0 Å². The lowest BCUT2D eigenvalue weighted by molar-refractivity contribution is 0.566. The van der Waals surface area contributed by atoms with Gasteiger partial charge in [0.25, 0.3) is 0 Å². The summed E-state index contributed by atoms with van der Waals surface area (Å²) in [5.74, 6) is 0. The van der Waals surface area contributed by atoms with E-state index in [1.54, 1.807) is 30.7 Å². The zero-order valence-electron chi connectivity index (χ0n) is 11.7. The number of hydrogen-bond donors (Lipinski definition) is 0. The Morgan fingerprint density at radius 3 is 2.52 bits per heavy atom. The maximum Gasteiger partial charge on any atom is 0.123 e. The number of azo groups is 1. The van der Waals surface area contributed by atoms with E-state index in [4.69, 9.17) is 34.8 Å². The van der Waals surface area contributed by atoms with Crippen LogP contribution in [0.1, 0.15) is 10.9 Å². The molecule has 0 aliphatic heterocycles. The van der Waals surface area contributed by atoms with Crippen LogP contribution in [-0.4, -0.2) is 9.55 Å². The van der Waals surface area contributed by atoms with Gasteiger partial charge in [0, 0.05) is 17.3 Å². The van der Waals surface area contributed by atoms with Gasteiger partial charge in [-0.05, 0) is 24.3 Å². The minimum Gasteiger partial charge on any atom is -0.335 e. The Kier molecular flexibility index (Phi) is 5.33. The molecule has 118 valence electrons. The van der Waals surface area contributed by atoms with E-state index in [9.17, 15) is 0 Å². The highest BCUT2D eigenvalue weighted by molar-refractivity contribution is 7.16. The molecule has 2 heterocycles. The third kappa shape index (κ3) is 4.12. The molecular weight excluding hydrogens is 375 g/mol. The smallest absolute Gasteiger partial charge is 0.123 e. The molecule has 0 aliphatic carbocycles. The van der Waals surface area contributed by atoms with Crippen molar-refractivity contribution in [2.45, 2.75) is 12.6 Å². The molecule has 0 N–H and O–H groups in total. The monoisotopic (exact) mass is 384 g/mol. The van der Waals surface area contributed by atoms with Gasteiger partial charge in [-0.1, -0.05) is 40.9 Å². The summed E-state index contributed by atoms with van der Waals surface area (Å²) < 4.78 is 2.65. The zero-order valence-corrected chi connectivity index (χ0v) is 14.8. The number of halogens is 3. The van der Waals surface area contributed by atoms with Crippen LogP contribution in [0.2, 0.25) is 14.4 Å². The molecule has 1 atom stereocenters. The quantitative estimate of drug-likeness (QED) is 0.466. The second-order valence-electron chi connectivity index (χ2n) is 4.70. The van der Waals surface area contributed by atoms with E-state index in [1.807, 2.05) is 22.9 Å². The molecule has 0 fully saturated rings. The summed E-state index contributed by atoms with van der Waals surface area (Å²) in [4.78, 5) is 5.06. The fraction of sp³-hybridized carbons (Fsp3) is 0.133. The Labute approximate surface area is 152 Å². The molecule has 0 amide bonds. The van der Waals surface area contributed by atoms with Crippen LogP contribution in [0.15, 0.2) is 59.3 Å². The Hall–Kier alpha value is -1.40. The molecule has 0 bridgehead atoms. The average molecular weight is 386 g/mol. The summed E-state index contributed by atoms with van der Waals surface area (Å²) in [5.41, 5.74) is 0.467. The van der Waals surface area contributed by atoms with E-state index in [0.29, 0.717) is 26.6 Å². The first kappa shape index (κ1) is 16.5. The Bertz CT molecular complexity index is 794. The van der Waals surface area contributed by atoms with Crippen LogP contribution < -0.4 is 0 Å². The minimum atomic E-state index is -0.200. The number of rotatable bonds is 5. The maximum atomic E-state index is 6.13. The minimum absolute atomic E-state index is 0.200. The van der Waals surface area contributed by atoms with Crippen molar-refractivity contribution in [1.29, 1.82) is 0 Å². The van der Waals surface area contributed by atoms with Crippen molar-refractivity contribution >= 4 is 51.8 Å². The highest BCUT2D eigenvalue weighted by Gasteiger charge is 2.15. The van der Waals surface area contributed by atoms with Gasteiger partial charge in [0.2, 0.25) is 0 Å². The van der Waals surface area contributed by atoms with Gasteiger partial charge in [-0.15, -0.1) is 11.3 Å². The molecule has 0 aliphatic rings. The molecule has 2 aromatic heterocycles. The number of thiophene rings is 1. The van der Waals surface area contributed by atoms with Crippen LogP contribution in [-0.2, 0) is 6.54 Å². The predicted octanol–water partition coefficient (Wildman–Crippen LogP) is 6.43. The van der Waals surface area contributed by atoms with Gasteiger partial charge >= 0.3 is 0 Å². The fourth-order valence-corrected chi connectivity index (χ4v) is 3.56. The predicted molar refractivity (Wildman–Crippen MR) is 95.3 cm³/mol. The van der Waals surface area contributed by atoms with E-state index in [0.717, 1.165) is 4.88 Å². The molecule has 3 rings (SSSR count). The molecule has 0 spiro atoms. The van der Waals surface area contributed by atoms with Gasteiger partial charge < -0.3 is 4.57 Å². The molecule has 0 saturated heterocycles. The summed E-state index contributed by atoms with van der Waals surface area (Å²) in [5, 5.41) is 9.63. The highest BCUT2D eigenvalue weighted by Crippen LogP contribution is 2.36. The molecule has 0 radical (unpaired) electrons. The lowest BCUT2D eigenvalue weighted by Gasteiger charge is -2.10. The van der Waals surface area contributed by atoms with E-state index in [1.165, 1.54) is 11.3 Å². The molecule has 23 heavy (non-hydrogen) atoms. The van der Waals surface area contributed by atoms with Crippen LogP contribution in [0.4, 0.5) is 5.69 Å². The molecular formula is C15H11Cl3N4S.